The number of nitrogens with zero attached hydrogens (tertiary/aromatic N) is 1. The Kier molecular flexibility index (Phi) is 8.48. The van der Waals surface area contributed by atoms with Crippen LogP contribution in [0.5, 0.6) is 0 Å². The van der Waals surface area contributed by atoms with Gasteiger partial charge in [0.05, 0.1) is 0 Å². The van der Waals surface area contributed by atoms with Crippen LogP contribution in [0.4, 0.5) is 10.5 Å². The molecule has 0 heterocycles. The minimum atomic E-state index is -0.942. The van der Waals surface area contributed by atoms with Crippen molar-refractivity contribution in [3.63, 3.8) is 0 Å². The van der Waals surface area contributed by atoms with Crippen molar-refractivity contribution in [2.75, 3.05) is 18.4 Å². The predicted octanol–water partition coefficient (Wildman–Crippen LogP) is 5.37. The number of hydrogen-bond donors (Lipinski definition) is 2. The van der Waals surface area contributed by atoms with Crippen LogP contribution in [0.2, 0.25) is 0 Å². The molecule has 0 fully saturated rings. The number of nitrogens with one attached hydrogen (secondary N) is 2. The van der Waals surface area contributed by atoms with E-state index in [9.17, 15) is 14.4 Å². The van der Waals surface area contributed by atoms with E-state index in [2.05, 4.69) is 17.2 Å². The molecule has 7 nitrogen and oxygen atoms in total. The summed E-state index contributed by atoms with van der Waals surface area (Å²) >= 11 is 0. The zero-order valence-corrected chi connectivity index (χ0v) is 21.2. The van der Waals surface area contributed by atoms with Crippen LogP contribution in [-0.2, 0) is 14.3 Å². The molecule has 1 atom stereocenters. The second kappa shape index (κ2) is 11.5. The third kappa shape index (κ3) is 7.18. The summed E-state index contributed by atoms with van der Waals surface area (Å²) in [6, 6.07) is 20.0. The molecule has 0 saturated carbocycles. The smallest absolute Gasteiger partial charge is 0.408 e. The van der Waals surface area contributed by atoms with Gasteiger partial charge in [-0.05, 0) is 56.2 Å². The summed E-state index contributed by atoms with van der Waals surface area (Å²) in [5.41, 5.74) is 1.53. The first-order chi connectivity index (χ1) is 17.1. The first kappa shape index (κ1) is 26.5. The SMILES string of the molecule is C=CCN(C(=O)CNC(=O)OC(C)(C)C)C(C(=O)Nc1ccc2ccccc2c1)c1cccc(C)c1. The van der Waals surface area contributed by atoms with E-state index in [4.69, 9.17) is 4.74 Å². The van der Waals surface area contributed by atoms with Gasteiger partial charge in [-0.2, -0.15) is 0 Å². The fourth-order valence-electron chi connectivity index (χ4n) is 3.84. The van der Waals surface area contributed by atoms with E-state index in [0.717, 1.165) is 16.3 Å². The average molecular weight is 488 g/mol. The Morgan fingerprint density at radius 1 is 1.00 bits per heavy atom. The van der Waals surface area contributed by atoms with Crippen molar-refractivity contribution in [2.45, 2.75) is 39.3 Å². The highest BCUT2D eigenvalue weighted by Gasteiger charge is 2.31. The molecule has 3 rings (SSSR count). The van der Waals surface area contributed by atoms with E-state index in [-0.39, 0.29) is 19.0 Å². The monoisotopic (exact) mass is 487 g/mol. The van der Waals surface area contributed by atoms with Crippen molar-refractivity contribution >= 4 is 34.4 Å². The lowest BCUT2D eigenvalue weighted by Crippen LogP contribution is -2.46. The van der Waals surface area contributed by atoms with Crippen molar-refractivity contribution < 1.29 is 19.1 Å². The van der Waals surface area contributed by atoms with Gasteiger partial charge >= 0.3 is 6.09 Å². The Bertz CT molecular complexity index is 1260. The van der Waals surface area contributed by atoms with Crippen LogP contribution < -0.4 is 10.6 Å². The van der Waals surface area contributed by atoms with Crippen LogP contribution in [-0.4, -0.2) is 41.5 Å². The largest absolute Gasteiger partial charge is 0.444 e. The number of anilines is 1. The highest BCUT2D eigenvalue weighted by Crippen LogP contribution is 2.26. The van der Waals surface area contributed by atoms with Crippen LogP contribution in [0.3, 0.4) is 0 Å². The minimum Gasteiger partial charge on any atom is -0.444 e. The molecule has 1 unspecified atom stereocenters. The van der Waals surface area contributed by atoms with Gasteiger partial charge in [-0.15, -0.1) is 6.58 Å². The summed E-state index contributed by atoms with van der Waals surface area (Å²) in [5.74, 6) is -0.815. The number of amides is 3. The molecule has 0 aliphatic heterocycles. The maximum Gasteiger partial charge on any atom is 0.408 e. The quantitative estimate of drug-likeness (QED) is 0.418. The fourth-order valence-corrected chi connectivity index (χ4v) is 3.84. The van der Waals surface area contributed by atoms with E-state index in [1.807, 2.05) is 73.7 Å². The minimum absolute atomic E-state index is 0.110. The van der Waals surface area contributed by atoms with Crippen LogP contribution in [0, 0.1) is 6.92 Å². The Hall–Kier alpha value is -4.13. The van der Waals surface area contributed by atoms with E-state index >= 15 is 0 Å². The van der Waals surface area contributed by atoms with Gasteiger partial charge in [0.25, 0.3) is 5.91 Å². The van der Waals surface area contributed by atoms with Crippen molar-refractivity contribution in [3.8, 4) is 0 Å². The molecular formula is C29H33N3O4. The standard InChI is InChI=1S/C29H33N3O4/c1-6-16-32(25(33)19-30-28(35)36-29(3,4)5)26(23-13-9-10-20(2)17-23)27(34)31-24-15-14-21-11-7-8-12-22(21)18-24/h6-15,17-18,26H,1,16,19H2,2-5H3,(H,30,35)(H,31,34). The van der Waals surface area contributed by atoms with Gasteiger partial charge in [0.2, 0.25) is 5.91 Å². The molecular weight excluding hydrogens is 454 g/mol. The predicted molar refractivity (Wildman–Crippen MR) is 143 cm³/mol. The van der Waals surface area contributed by atoms with Gasteiger partial charge in [0.1, 0.15) is 18.2 Å². The van der Waals surface area contributed by atoms with E-state index < -0.39 is 23.6 Å². The summed E-state index contributed by atoms with van der Waals surface area (Å²) in [7, 11) is 0. The molecule has 0 aliphatic rings. The third-order valence-corrected chi connectivity index (χ3v) is 5.36. The Balaban J connectivity index is 1.89. The molecule has 0 spiro atoms. The number of alkyl carbamates (subject to hydrolysis) is 1. The van der Waals surface area contributed by atoms with Gasteiger partial charge in [-0.3, -0.25) is 9.59 Å². The van der Waals surface area contributed by atoms with Gasteiger partial charge in [-0.25, -0.2) is 4.79 Å². The molecule has 0 radical (unpaired) electrons. The summed E-state index contributed by atoms with van der Waals surface area (Å²) in [6.07, 6.45) is 0.847. The number of carbonyl (C=O) groups is 3. The first-order valence-corrected chi connectivity index (χ1v) is 11.8. The van der Waals surface area contributed by atoms with Crippen LogP contribution in [0.15, 0.2) is 79.4 Å². The van der Waals surface area contributed by atoms with Gasteiger partial charge in [-0.1, -0.05) is 66.2 Å². The van der Waals surface area contributed by atoms with E-state index in [1.165, 1.54) is 4.90 Å². The Morgan fingerprint density at radius 3 is 2.39 bits per heavy atom. The van der Waals surface area contributed by atoms with Crippen LogP contribution >= 0.6 is 0 Å². The lowest BCUT2D eigenvalue weighted by molar-refractivity contribution is -0.137. The number of benzene rings is 3. The Labute approximate surface area is 212 Å². The number of fused-ring (bicyclic) bond motifs is 1. The molecule has 3 amide bonds. The summed E-state index contributed by atoms with van der Waals surface area (Å²) in [4.78, 5) is 40.4. The number of ether oxygens (including phenoxy) is 1. The molecule has 3 aromatic rings. The van der Waals surface area contributed by atoms with Crippen molar-refractivity contribution in [3.05, 3.63) is 90.5 Å². The second-order valence-corrected chi connectivity index (χ2v) is 9.56. The maximum absolute atomic E-state index is 13.7. The van der Waals surface area contributed by atoms with Crippen molar-refractivity contribution in [1.29, 1.82) is 0 Å². The second-order valence-electron chi connectivity index (χ2n) is 9.56. The van der Waals surface area contributed by atoms with Crippen molar-refractivity contribution in [2.24, 2.45) is 0 Å². The zero-order valence-electron chi connectivity index (χ0n) is 21.2. The fraction of sp³-hybridized carbons (Fsp3) is 0.276. The highest BCUT2D eigenvalue weighted by atomic mass is 16.6. The zero-order chi connectivity index (χ0) is 26.3. The number of aryl methyl sites for hydroxylation is 1. The van der Waals surface area contributed by atoms with Gasteiger partial charge in [0.15, 0.2) is 0 Å². The number of rotatable bonds is 8. The molecule has 3 aromatic carbocycles. The molecule has 36 heavy (non-hydrogen) atoms. The first-order valence-electron chi connectivity index (χ1n) is 11.8. The summed E-state index contributed by atoms with van der Waals surface area (Å²) in [5, 5.41) is 7.50. The number of carbonyl (C=O) groups excluding carboxylic acids is 3. The average Bonchev–Trinajstić information content (AvgIpc) is 2.81. The molecule has 7 heteroatoms. The van der Waals surface area contributed by atoms with E-state index in [0.29, 0.717) is 11.3 Å². The van der Waals surface area contributed by atoms with Gasteiger partial charge < -0.3 is 20.3 Å². The molecule has 0 aliphatic carbocycles. The third-order valence-electron chi connectivity index (χ3n) is 5.36. The summed E-state index contributed by atoms with van der Waals surface area (Å²) < 4.78 is 5.23. The van der Waals surface area contributed by atoms with Crippen LogP contribution in [0.25, 0.3) is 10.8 Å². The van der Waals surface area contributed by atoms with E-state index in [1.54, 1.807) is 26.8 Å². The topological polar surface area (TPSA) is 87.7 Å². The maximum atomic E-state index is 13.7. The van der Waals surface area contributed by atoms with Crippen LogP contribution in [0.1, 0.15) is 37.9 Å². The normalized spacial score (nSPS) is 11.9. The highest BCUT2D eigenvalue weighted by molar-refractivity contribution is 6.00. The molecule has 0 bridgehead atoms. The molecule has 188 valence electrons. The number of hydrogen-bond acceptors (Lipinski definition) is 4. The summed E-state index contributed by atoms with van der Waals surface area (Å²) in [6.45, 7) is 10.7. The molecule has 0 aromatic heterocycles. The van der Waals surface area contributed by atoms with Gasteiger partial charge in [0, 0.05) is 12.2 Å². The molecule has 2 N–H and O–H groups in total. The molecule has 0 saturated heterocycles. The lowest BCUT2D eigenvalue weighted by Gasteiger charge is -2.31. The van der Waals surface area contributed by atoms with Crippen molar-refractivity contribution in [1.82, 2.24) is 10.2 Å². The lowest BCUT2D eigenvalue weighted by atomic mass is 10.0. The Morgan fingerprint density at radius 2 is 1.72 bits per heavy atom.